The lowest BCUT2D eigenvalue weighted by Crippen LogP contribution is -2.40. The van der Waals surface area contributed by atoms with Crippen LogP contribution in [0.4, 0.5) is 0 Å². The predicted octanol–water partition coefficient (Wildman–Crippen LogP) is 3.78. The number of thiocarbonyl (C=S) groups is 1. The zero-order valence-corrected chi connectivity index (χ0v) is 16.7. The van der Waals surface area contributed by atoms with Crippen molar-refractivity contribution < 1.29 is 9.53 Å². The summed E-state index contributed by atoms with van der Waals surface area (Å²) in [5, 5.41) is 5.61. The summed E-state index contributed by atoms with van der Waals surface area (Å²) in [5.74, 6) is 0.395. The van der Waals surface area contributed by atoms with E-state index in [9.17, 15) is 4.79 Å². The van der Waals surface area contributed by atoms with Crippen molar-refractivity contribution in [3.8, 4) is 5.75 Å². The maximum absolute atomic E-state index is 12.0. The van der Waals surface area contributed by atoms with Crippen LogP contribution in [0.15, 0.2) is 47.2 Å². The molecule has 0 spiro atoms. The number of pyridine rings is 1. The molecule has 1 amide bonds. The zero-order chi connectivity index (χ0) is 18.4. The number of carbonyl (C=O) groups excluding carboxylic acids is 1. The summed E-state index contributed by atoms with van der Waals surface area (Å²) >= 11 is 8.36. The highest BCUT2D eigenvalue weighted by Crippen LogP contribution is 2.24. The first-order valence-corrected chi connectivity index (χ1v) is 8.89. The molecule has 2 N–H and O–H groups in total. The van der Waals surface area contributed by atoms with Gasteiger partial charge in [-0.2, -0.15) is 0 Å². The second-order valence-electron chi connectivity index (χ2n) is 6.41. The molecule has 0 aliphatic carbocycles. The van der Waals surface area contributed by atoms with Gasteiger partial charge in [-0.25, -0.2) is 0 Å². The fraction of sp³-hybridized carbons (Fsp3) is 0.278. The minimum atomic E-state index is -0.333. The van der Waals surface area contributed by atoms with Gasteiger partial charge in [0.15, 0.2) is 11.8 Å². The Kier molecular flexibility index (Phi) is 6.50. The summed E-state index contributed by atoms with van der Waals surface area (Å²) in [6.07, 6.45) is 3.07. The van der Waals surface area contributed by atoms with E-state index >= 15 is 0 Å². The Labute approximate surface area is 161 Å². The number of ether oxygens (including phenoxy) is 1. The number of benzene rings is 1. The Morgan fingerprint density at radius 3 is 2.52 bits per heavy atom. The minimum absolute atomic E-state index is 0.101. The molecule has 0 aliphatic heterocycles. The topological polar surface area (TPSA) is 63.2 Å². The molecule has 2 rings (SSSR count). The number of hydrogen-bond donors (Lipinski definition) is 2. The molecule has 2 aromatic rings. The van der Waals surface area contributed by atoms with Crippen LogP contribution < -0.4 is 15.4 Å². The van der Waals surface area contributed by atoms with Crippen LogP contribution in [-0.4, -0.2) is 22.7 Å². The lowest BCUT2D eigenvalue weighted by atomic mass is 9.87. The summed E-state index contributed by atoms with van der Waals surface area (Å²) in [6, 6.07) is 9.57. The van der Waals surface area contributed by atoms with Crippen LogP contribution in [0.1, 0.15) is 36.7 Å². The van der Waals surface area contributed by atoms with Crippen molar-refractivity contribution in [2.75, 3.05) is 6.73 Å². The number of amides is 1. The van der Waals surface area contributed by atoms with Crippen LogP contribution in [0.25, 0.3) is 0 Å². The molecule has 1 aromatic heterocycles. The van der Waals surface area contributed by atoms with Crippen molar-refractivity contribution in [2.45, 2.75) is 26.2 Å². The second kappa shape index (κ2) is 8.40. The Morgan fingerprint density at radius 2 is 1.92 bits per heavy atom. The van der Waals surface area contributed by atoms with Gasteiger partial charge >= 0.3 is 0 Å². The van der Waals surface area contributed by atoms with Gasteiger partial charge in [-0.1, -0.05) is 32.9 Å². The van der Waals surface area contributed by atoms with E-state index in [4.69, 9.17) is 17.0 Å². The number of nitrogens with zero attached hydrogens (tertiary/aromatic N) is 1. The van der Waals surface area contributed by atoms with Crippen LogP contribution in [0, 0.1) is 0 Å². The van der Waals surface area contributed by atoms with Crippen molar-refractivity contribution in [2.24, 2.45) is 0 Å². The molecule has 1 heterocycles. The van der Waals surface area contributed by atoms with Crippen molar-refractivity contribution >= 4 is 39.2 Å². The van der Waals surface area contributed by atoms with Crippen molar-refractivity contribution in [3.05, 3.63) is 58.3 Å². The number of carbonyl (C=O) groups is 1. The first-order chi connectivity index (χ1) is 11.8. The Hall–Kier alpha value is -1.99. The highest BCUT2D eigenvalue weighted by Gasteiger charge is 2.13. The Bertz CT molecular complexity index is 758. The third kappa shape index (κ3) is 6.10. The number of nitrogens with one attached hydrogen (secondary N) is 2. The number of rotatable bonds is 4. The van der Waals surface area contributed by atoms with Crippen molar-refractivity contribution in [1.29, 1.82) is 0 Å². The van der Waals surface area contributed by atoms with E-state index in [-0.39, 0.29) is 23.2 Å². The summed E-state index contributed by atoms with van der Waals surface area (Å²) < 4.78 is 6.30. The molecule has 0 saturated carbocycles. The van der Waals surface area contributed by atoms with Gasteiger partial charge in [-0.05, 0) is 57.3 Å². The molecule has 0 aliphatic rings. The lowest BCUT2D eigenvalue weighted by molar-refractivity contribution is 0.0976. The fourth-order valence-electron chi connectivity index (χ4n) is 1.99. The zero-order valence-electron chi connectivity index (χ0n) is 14.3. The fourth-order valence-corrected chi connectivity index (χ4v) is 2.51. The average molecular weight is 422 g/mol. The van der Waals surface area contributed by atoms with Gasteiger partial charge in [0.1, 0.15) is 5.75 Å². The van der Waals surface area contributed by atoms with E-state index in [1.54, 1.807) is 12.3 Å². The van der Waals surface area contributed by atoms with Crippen molar-refractivity contribution in [3.63, 3.8) is 0 Å². The smallest absolute Gasteiger partial charge is 0.259 e. The molecule has 0 atom stereocenters. The Balaban J connectivity index is 1.79. The minimum Gasteiger partial charge on any atom is -0.473 e. The molecule has 7 heteroatoms. The van der Waals surface area contributed by atoms with E-state index in [1.807, 2.05) is 24.3 Å². The quantitative estimate of drug-likeness (QED) is 0.580. The monoisotopic (exact) mass is 421 g/mol. The molecule has 0 bridgehead atoms. The first kappa shape index (κ1) is 19.3. The van der Waals surface area contributed by atoms with Gasteiger partial charge in [0, 0.05) is 16.9 Å². The maximum atomic E-state index is 12.0. The maximum Gasteiger partial charge on any atom is 0.259 e. The lowest BCUT2D eigenvalue weighted by Gasteiger charge is -2.19. The van der Waals surface area contributed by atoms with Crippen LogP contribution in [0.3, 0.4) is 0 Å². The van der Waals surface area contributed by atoms with Crippen molar-refractivity contribution in [1.82, 2.24) is 15.6 Å². The average Bonchev–Trinajstić information content (AvgIpc) is 2.54. The van der Waals surface area contributed by atoms with Gasteiger partial charge < -0.3 is 10.1 Å². The highest BCUT2D eigenvalue weighted by atomic mass is 79.9. The second-order valence-corrected chi connectivity index (χ2v) is 7.74. The van der Waals surface area contributed by atoms with E-state index in [2.05, 4.69) is 52.3 Å². The van der Waals surface area contributed by atoms with Gasteiger partial charge in [0.2, 0.25) is 0 Å². The largest absolute Gasteiger partial charge is 0.473 e. The van der Waals surface area contributed by atoms with Crippen LogP contribution in [0.5, 0.6) is 5.75 Å². The number of hydrogen-bond acceptors (Lipinski definition) is 4. The third-order valence-corrected chi connectivity index (χ3v) is 4.07. The molecule has 25 heavy (non-hydrogen) atoms. The standard InChI is InChI=1S/C18H20BrN3O2S/c1-18(2,3)13-4-6-15(7-5-13)24-11-21-17(25)22-16(23)12-8-14(19)10-20-9-12/h4-10H,11H2,1-3H3,(H2,21,22,23,25). The van der Waals surface area contributed by atoms with Crippen LogP contribution in [0.2, 0.25) is 0 Å². The highest BCUT2D eigenvalue weighted by molar-refractivity contribution is 9.10. The van der Waals surface area contributed by atoms with Gasteiger partial charge in [-0.15, -0.1) is 0 Å². The van der Waals surface area contributed by atoms with E-state index in [0.717, 1.165) is 10.2 Å². The normalized spacial score (nSPS) is 10.9. The molecule has 0 saturated heterocycles. The summed E-state index contributed by atoms with van der Waals surface area (Å²) in [4.78, 5) is 16.0. The van der Waals surface area contributed by atoms with E-state index < -0.39 is 0 Å². The number of halogens is 1. The number of aromatic nitrogens is 1. The van der Waals surface area contributed by atoms with Gasteiger partial charge in [-0.3, -0.25) is 15.1 Å². The summed E-state index contributed by atoms with van der Waals surface area (Å²) in [5.41, 5.74) is 1.75. The molecule has 5 nitrogen and oxygen atoms in total. The molecule has 132 valence electrons. The Morgan fingerprint density at radius 1 is 1.24 bits per heavy atom. The summed E-state index contributed by atoms with van der Waals surface area (Å²) in [7, 11) is 0. The van der Waals surface area contributed by atoms with Crippen LogP contribution in [-0.2, 0) is 5.41 Å². The SMILES string of the molecule is CC(C)(C)c1ccc(OCNC(=S)NC(=O)c2cncc(Br)c2)cc1. The molecular formula is C18H20BrN3O2S. The van der Waals surface area contributed by atoms with E-state index in [1.165, 1.54) is 11.8 Å². The summed E-state index contributed by atoms with van der Waals surface area (Å²) in [6.45, 7) is 6.63. The van der Waals surface area contributed by atoms with Crippen LogP contribution >= 0.6 is 28.1 Å². The predicted molar refractivity (Wildman–Crippen MR) is 106 cm³/mol. The molecule has 0 unspecified atom stereocenters. The van der Waals surface area contributed by atoms with Gasteiger partial charge in [0.05, 0.1) is 5.56 Å². The third-order valence-electron chi connectivity index (χ3n) is 3.39. The molecule has 1 aromatic carbocycles. The molecular weight excluding hydrogens is 402 g/mol. The van der Waals surface area contributed by atoms with Gasteiger partial charge in [0.25, 0.3) is 5.91 Å². The first-order valence-electron chi connectivity index (χ1n) is 7.69. The molecule has 0 fully saturated rings. The van der Waals surface area contributed by atoms with E-state index in [0.29, 0.717) is 5.56 Å². The molecule has 0 radical (unpaired) electrons.